The number of fused-ring (bicyclic) bond motifs is 2. The van der Waals surface area contributed by atoms with Crippen LogP contribution in [0.4, 0.5) is 5.69 Å². The summed E-state index contributed by atoms with van der Waals surface area (Å²) >= 11 is 0. The lowest BCUT2D eigenvalue weighted by Crippen LogP contribution is -2.23. The highest BCUT2D eigenvalue weighted by atomic mass is 16.4. The first-order chi connectivity index (χ1) is 11.5. The van der Waals surface area contributed by atoms with Gasteiger partial charge >= 0.3 is 5.97 Å². The van der Waals surface area contributed by atoms with Gasteiger partial charge in [-0.2, -0.15) is 0 Å². The first-order valence-electron chi connectivity index (χ1n) is 7.02. The Hall–Kier alpha value is -3.54. The van der Waals surface area contributed by atoms with Crippen LogP contribution < -0.4 is 5.32 Å². The van der Waals surface area contributed by atoms with Crippen molar-refractivity contribution in [1.82, 2.24) is 0 Å². The van der Waals surface area contributed by atoms with E-state index >= 15 is 0 Å². The van der Waals surface area contributed by atoms with Crippen molar-refractivity contribution >= 4 is 29.1 Å². The summed E-state index contributed by atoms with van der Waals surface area (Å²) in [5.74, 6) is -2.62. The standard InChI is InChI=1S/C18H11NO5/c20-14(8-9-15(21)22)19-13-7-3-6-12-16(13)18(24)11-5-2-1-4-10(11)17(12)23/h1-9H,(H,19,20)(H,21,22)/b9-8+. The Morgan fingerprint density at radius 2 is 1.46 bits per heavy atom. The largest absolute Gasteiger partial charge is 0.478 e. The molecule has 0 heterocycles. The van der Waals surface area contributed by atoms with E-state index in [0.29, 0.717) is 11.6 Å². The minimum absolute atomic E-state index is 0.110. The number of aliphatic carboxylic acids is 1. The zero-order valence-electron chi connectivity index (χ0n) is 12.3. The summed E-state index contributed by atoms with van der Waals surface area (Å²) in [5, 5.41) is 11.0. The van der Waals surface area contributed by atoms with Crippen molar-refractivity contribution < 1.29 is 24.3 Å². The molecule has 0 fully saturated rings. The number of anilines is 1. The van der Waals surface area contributed by atoms with E-state index < -0.39 is 11.9 Å². The summed E-state index contributed by atoms with van der Waals surface area (Å²) in [6.45, 7) is 0. The van der Waals surface area contributed by atoms with Gasteiger partial charge in [-0.1, -0.05) is 36.4 Å². The molecule has 118 valence electrons. The molecule has 0 saturated carbocycles. The normalized spacial score (nSPS) is 12.7. The predicted molar refractivity (Wildman–Crippen MR) is 85.2 cm³/mol. The van der Waals surface area contributed by atoms with Gasteiger partial charge in [0.2, 0.25) is 5.91 Å². The quantitative estimate of drug-likeness (QED) is 0.719. The third kappa shape index (κ3) is 2.61. The average molecular weight is 321 g/mol. The fraction of sp³-hybridized carbons (Fsp3) is 0. The van der Waals surface area contributed by atoms with Crippen molar-refractivity contribution in [2.75, 3.05) is 5.32 Å². The fourth-order valence-electron chi connectivity index (χ4n) is 2.57. The van der Waals surface area contributed by atoms with Crippen molar-refractivity contribution in [2.45, 2.75) is 0 Å². The number of carbonyl (C=O) groups excluding carboxylic acids is 3. The Bertz CT molecular complexity index is 927. The van der Waals surface area contributed by atoms with Crippen LogP contribution in [-0.4, -0.2) is 28.5 Å². The minimum Gasteiger partial charge on any atom is -0.478 e. The van der Waals surface area contributed by atoms with E-state index in [1.165, 1.54) is 12.1 Å². The van der Waals surface area contributed by atoms with Crippen LogP contribution in [-0.2, 0) is 9.59 Å². The Kier molecular flexibility index (Phi) is 3.79. The molecule has 0 radical (unpaired) electrons. The fourth-order valence-corrected chi connectivity index (χ4v) is 2.57. The molecule has 0 unspecified atom stereocenters. The van der Waals surface area contributed by atoms with Crippen molar-refractivity contribution in [3.8, 4) is 0 Å². The molecule has 3 rings (SSSR count). The summed E-state index contributed by atoms with van der Waals surface area (Å²) in [6.07, 6.45) is 1.53. The molecule has 0 atom stereocenters. The van der Waals surface area contributed by atoms with Crippen molar-refractivity contribution in [3.05, 3.63) is 76.9 Å². The van der Waals surface area contributed by atoms with Gasteiger partial charge in [-0.3, -0.25) is 14.4 Å². The van der Waals surface area contributed by atoms with Gasteiger partial charge in [-0.05, 0) is 6.07 Å². The first-order valence-corrected chi connectivity index (χ1v) is 7.02. The number of hydrogen-bond donors (Lipinski definition) is 2. The third-order valence-corrected chi connectivity index (χ3v) is 3.59. The number of nitrogens with one attached hydrogen (secondary N) is 1. The molecule has 1 aliphatic rings. The second-order valence-electron chi connectivity index (χ2n) is 5.09. The molecule has 0 spiro atoms. The van der Waals surface area contributed by atoms with Crippen LogP contribution in [0.2, 0.25) is 0 Å². The summed E-state index contributed by atoms with van der Waals surface area (Å²) in [6, 6.07) is 11.0. The maximum Gasteiger partial charge on any atom is 0.328 e. The number of carbonyl (C=O) groups is 4. The lowest BCUT2D eigenvalue weighted by molar-refractivity contribution is -0.131. The van der Waals surface area contributed by atoms with Crippen LogP contribution in [0.1, 0.15) is 31.8 Å². The van der Waals surface area contributed by atoms with Gasteiger partial charge in [-0.25, -0.2) is 4.79 Å². The Labute approximate surface area is 136 Å². The lowest BCUT2D eigenvalue weighted by Gasteiger charge is -2.19. The van der Waals surface area contributed by atoms with Crippen molar-refractivity contribution in [1.29, 1.82) is 0 Å². The minimum atomic E-state index is -1.26. The van der Waals surface area contributed by atoms with Gasteiger partial charge < -0.3 is 10.4 Å². The van der Waals surface area contributed by atoms with Gasteiger partial charge in [0.15, 0.2) is 11.6 Å². The van der Waals surface area contributed by atoms with Crippen molar-refractivity contribution in [3.63, 3.8) is 0 Å². The SMILES string of the molecule is O=C(O)/C=C/C(=O)Nc1cccc2c1C(=O)c1ccccc1C2=O. The van der Waals surface area contributed by atoms with Gasteiger partial charge in [0.1, 0.15) is 0 Å². The highest BCUT2D eigenvalue weighted by Crippen LogP contribution is 2.31. The number of carboxylic acid groups (broad SMARTS) is 1. The molecule has 2 aromatic rings. The number of carboxylic acids is 1. The van der Waals surface area contributed by atoms with Crippen LogP contribution >= 0.6 is 0 Å². The molecule has 1 amide bonds. The second kappa shape index (κ2) is 5.92. The molecular weight excluding hydrogens is 310 g/mol. The summed E-state index contributed by atoms with van der Waals surface area (Å²) in [7, 11) is 0. The number of benzene rings is 2. The summed E-state index contributed by atoms with van der Waals surface area (Å²) in [4.78, 5) is 47.5. The van der Waals surface area contributed by atoms with Gasteiger partial charge in [0, 0.05) is 28.8 Å². The predicted octanol–water partition coefficient (Wildman–Crippen LogP) is 2.04. The van der Waals surface area contributed by atoms with Gasteiger partial charge in [0.05, 0.1) is 11.3 Å². The van der Waals surface area contributed by atoms with E-state index in [2.05, 4.69) is 5.32 Å². The average Bonchev–Trinajstić information content (AvgIpc) is 2.58. The molecule has 24 heavy (non-hydrogen) atoms. The molecule has 2 N–H and O–H groups in total. The second-order valence-corrected chi connectivity index (χ2v) is 5.09. The number of rotatable bonds is 3. The monoisotopic (exact) mass is 321 g/mol. The van der Waals surface area contributed by atoms with E-state index in [1.54, 1.807) is 30.3 Å². The topological polar surface area (TPSA) is 101 Å². The van der Waals surface area contributed by atoms with Crippen LogP contribution in [0, 0.1) is 0 Å². The van der Waals surface area contributed by atoms with Crippen LogP contribution in [0.3, 0.4) is 0 Å². The van der Waals surface area contributed by atoms with Crippen LogP contribution in [0.25, 0.3) is 0 Å². The number of amides is 1. The maximum atomic E-state index is 12.7. The molecular formula is C18H11NO5. The van der Waals surface area contributed by atoms with Crippen LogP contribution in [0.5, 0.6) is 0 Å². The number of hydrogen-bond acceptors (Lipinski definition) is 4. The molecule has 1 aliphatic carbocycles. The molecule has 0 aromatic heterocycles. The van der Waals surface area contributed by atoms with Gasteiger partial charge in [0.25, 0.3) is 0 Å². The van der Waals surface area contributed by atoms with E-state index in [0.717, 1.165) is 6.08 Å². The Balaban J connectivity index is 2.04. The summed E-state index contributed by atoms with van der Waals surface area (Å²) < 4.78 is 0. The third-order valence-electron chi connectivity index (χ3n) is 3.59. The zero-order chi connectivity index (χ0) is 17.3. The van der Waals surface area contributed by atoms with E-state index in [4.69, 9.17) is 5.11 Å². The molecule has 2 aromatic carbocycles. The molecule has 0 aliphatic heterocycles. The van der Waals surface area contributed by atoms with E-state index in [1.807, 2.05) is 0 Å². The lowest BCUT2D eigenvalue weighted by atomic mass is 9.83. The molecule has 6 heteroatoms. The van der Waals surface area contributed by atoms with E-state index in [9.17, 15) is 19.2 Å². The smallest absolute Gasteiger partial charge is 0.328 e. The van der Waals surface area contributed by atoms with Crippen molar-refractivity contribution in [2.24, 2.45) is 0 Å². The first kappa shape index (κ1) is 15.4. The Morgan fingerprint density at radius 1 is 0.833 bits per heavy atom. The van der Waals surface area contributed by atoms with Crippen LogP contribution in [0.15, 0.2) is 54.6 Å². The highest BCUT2D eigenvalue weighted by molar-refractivity contribution is 6.30. The van der Waals surface area contributed by atoms with Gasteiger partial charge in [-0.15, -0.1) is 0 Å². The molecule has 6 nitrogen and oxygen atoms in total. The zero-order valence-corrected chi connectivity index (χ0v) is 12.3. The summed E-state index contributed by atoms with van der Waals surface area (Å²) in [5.41, 5.74) is 1.08. The van der Waals surface area contributed by atoms with E-state index in [-0.39, 0.29) is 33.9 Å². The number of ketones is 2. The molecule has 0 bridgehead atoms. The maximum absolute atomic E-state index is 12.7. The Morgan fingerprint density at radius 3 is 2.12 bits per heavy atom. The highest BCUT2D eigenvalue weighted by Gasteiger charge is 2.31. The molecule has 0 saturated heterocycles.